The molecule has 0 amide bonds. The highest BCUT2D eigenvalue weighted by molar-refractivity contribution is 6.30. The Bertz CT molecular complexity index is 363. The Morgan fingerprint density at radius 2 is 2.25 bits per heavy atom. The van der Waals surface area contributed by atoms with Gasteiger partial charge in [0.2, 0.25) is 0 Å². The number of hydrogen-bond acceptors (Lipinski definition) is 1. The van der Waals surface area contributed by atoms with E-state index in [1.54, 1.807) is 6.07 Å². The first-order chi connectivity index (χ1) is 7.69. The largest absolute Gasteiger partial charge is 0.317 e. The minimum Gasteiger partial charge on any atom is -0.317 e. The van der Waals surface area contributed by atoms with Crippen LogP contribution in [0.2, 0.25) is 5.02 Å². The first kappa shape index (κ1) is 11.9. The molecule has 0 aromatic heterocycles. The van der Waals surface area contributed by atoms with Gasteiger partial charge in [-0.05, 0) is 43.5 Å². The van der Waals surface area contributed by atoms with Crippen molar-refractivity contribution in [1.82, 2.24) is 5.32 Å². The molecule has 2 rings (SSSR count). The van der Waals surface area contributed by atoms with Gasteiger partial charge >= 0.3 is 0 Å². The maximum absolute atomic E-state index is 13.0. The molecule has 1 atom stereocenters. The number of halogens is 2. The van der Waals surface area contributed by atoms with Gasteiger partial charge in [-0.25, -0.2) is 4.39 Å². The van der Waals surface area contributed by atoms with Crippen LogP contribution in [-0.2, 0) is 6.42 Å². The van der Waals surface area contributed by atoms with E-state index in [-0.39, 0.29) is 10.8 Å². The van der Waals surface area contributed by atoms with Crippen molar-refractivity contribution in [1.29, 1.82) is 0 Å². The van der Waals surface area contributed by atoms with Crippen LogP contribution in [0.5, 0.6) is 0 Å². The van der Waals surface area contributed by atoms with Crippen LogP contribution in [0, 0.1) is 11.7 Å². The predicted molar refractivity (Wildman–Crippen MR) is 65.3 cm³/mol. The summed E-state index contributed by atoms with van der Waals surface area (Å²) in [5.74, 6) is 0.557. The molecule has 1 N–H and O–H groups in total. The molecule has 1 aliphatic rings. The van der Waals surface area contributed by atoms with Gasteiger partial charge in [-0.1, -0.05) is 30.5 Å². The fourth-order valence-electron chi connectivity index (χ4n) is 2.01. The molecule has 3 heteroatoms. The summed E-state index contributed by atoms with van der Waals surface area (Å²) in [4.78, 5) is 0. The molecular formula is C13H17ClFN. The Labute approximate surface area is 101 Å². The lowest BCUT2D eigenvalue weighted by molar-refractivity contribution is 0.490. The molecule has 1 saturated carbocycles. The standard InChI is InChI=1S/C13H17ClFN/c1-16-11(6-9-2-3-9)7-10-4-5-13(15)12(14)8-10/h4-5,8-9,11,16H,2-3,6-7H2,1H3. The molecule has 1 nitrogen and oxygen atoms in total. The van der Waals surface area contributed by atoms with Crippen LogP contribution >= 0.6 is 11.6 Å². The Morgan fingerprint density at radius 1 is 1.50 bits per heavy atom. The second-order valence-corrected chi connectivity index (χ2v) is 5.02. The summed E-state index contributed by atoms with van der Waals surface area (Å²) in [6, 6.07) is 5.47. The van der Waals surface area contributed by atoms with Crippen LogP contribution in [0.3, 0.4) is 0 Å². The SMILES string of the molecule is CNC(Cc1ccc(F)c(Cl)c1)CC1CC1. The molecule has 0 aliphatic heterocycles. The van der Waals surface area contributed by atoms with E-state index in [4.69, 9.17) is 11.6 Å². The van der Waals surface area contributed by atoms with Crippen molar-refractivity contribution in [2.45, 2.75) is 31.7 Å². The summed E-state index contributed by atoms with van der Waals surface area (Å²) < 4.78 is 13.0. The van der Waals surface area contributed by atoms with Crippen molar-refractivity contribution in [2.24, 2.45) is 5.92 Å². The van der Waals surface area contributed by atoms with Crippen molar-refractivity contribution < 1.29 is 4.39 Å². The summed E-state index contributed by atoms with van der Waals surface area (Å²) in [5, 5.41) is 3.54. The van der Waals surface area contributed by atoms with Gasteiger partial charge < -0.3 is 5.32 Å². The second kappa shape index (κ2) is 5.15. The van der Waals surface area contributed by atoms with E-state index in [1.807, 2.05) is 13.1 Å². The number of likely N-dealkylation sites (N-methyl/N-ethyl adjacent to an activating group) is 1. The van der Waals surface area contributed by atoms with Crippen LogP contribution in [0.4, 0.5) is 4.39 Å². The Hall–Kier alpha value is -0.600. The molecule has 1 aliphatic carbocycles. The molecule has 1 aromatic carbocycles. The molecule has 88 valence electrons. The first-order valence-electron chi connectivity index (χ1n) is 5.80. The fourth-order valence-corrected chi connectivity index (χ4v) is 2.21. The molecule has 1 aromatic rings. The van der Waals surface area contributed by atoms with Crippen LogP contribution in [-0.4, -0.2) is 13.1 Å². The molecule has 0 saturated heterocycles. The van der Waals surface area contributed by atoms with Crippen LogP contribution < -0.4 is 5.32 Å². The van der Waals surface area contributed by atoms with Crippen molar-refractivity contribution in [3.63, 3.8) is 0 Å². The van der Waals surface area contributed by atoms with E-state index in [2.05, 4.69) is 5.32 Å². The van der Waals surface area contributed by atoms with Crippen molar-refractivity contribution in [2.75, 3.05) is 7.05 Å². The zero-order chi connectivity index (χ0) is 11.5. The monoisotopic (exact) mass is 241 g/mol. The molecule has 1 unspecified atom stereocenters. The van der Waals surface area contributed by atoms with Gasteiger partial charge in [0.05, 0.1) is 5.02 Å². The Morgan fingerprint density at radius 3 is 2.81 bits per heavy atom. The van der Waals surface area contributed by atoms with Gasteiger partial charge in [-0.15, -0.1) is 0 Å². The predicted octanol–water partition coefficient (Wildman–Crippen LogP) is 3.41. The van der Waals surface area contributed by atoms with Crippen molar-refractivity contribution in [3.05, 3.63) is 34.6 Å². The van der Waals surface area contributed by atoms with Crippen LogP contribution in [0.25, 0.3) is 0 Å². The second-order valence-electron chi connectivity index (χ2n) is 4.62. The maximum Gasteiger partial charge on any atom is 0.141 e. The zero-order valence-corrected chi connectivity index (χ0v) is 10.2. The van der Waals surface area contributed by atoms with Crippen LogP contribution in [0.1, 0.15) is 24.8 Å². The third-order valence-corrected chi connectivity index (χ3v) is 3.48. The van der Waals surface area contributed by atoms with Gasteiger partial charge in [-0.3, -0.25) is 0 Å². The lowest BCUT2D eigenvalue weighted by Gasteiger charge is -2.16. The summed E-state index contributed by atoms with van der Waals surface area (Å²) in [6.07, 6.45) is 4.86. The first-order valence-corrected chi connectivity index (χ1v) is 6.18. The summed E-state index contributed by atoms with van der Waals surface area (Å²) >= 11 is 5.76. The minimum absolute atomic E-state index is 0.221. The van der Waals surface area contributed by atoms with E-state index >= 15 is 0 Å². The zero-order valence-electron chi connectivity index (χ0n) is 9.47. The topological polar surface area (TPSA) is 12.0 Å². The van der Waals surface area contributed by atoms with E-state index in [1.165, 1.54) is 25.3 Å². The third kappa shape index (κ3) is 3.19. The number of hydrogen-bond donors (Lipinski definition) is 1. The van der Waals surface area contributed by atoms with E-state index in [0.29, 0.717) is 6.04 Å². The molecule has 16 heavy (non-hydrogen) atoms. The quantitative estimate of drug-likeness (QED) is 0.833. The highest BCUT2D eigenvalue weighted by Crippen LogP contribution is 2.34. The number of benzene rings is 1. The number of rotatable bonds is 5. The Kier molecular flexibility index (Phi) is 3.82. The van der Waals surface area contributed by atoms with E-state index < -0.39 is 0 Å². The molecular weight excluding hydrogens is 225 g/mol. The van der Waals surface area contributed by atoms with Gasteiger partial charge in [0.25, 0.3) is 0 Å². The van der Waals surface area contributed by atoms with Gasteiger partial charge in [-0.2, -0.15) is 0 Å². The normalized spacial score (nSPS) is 17.4. The molecule has 0 spiro atoms. The average molecular weight is 242 g/mol. The minimum atomic E-state index is -0.339. The lowest BCUT2D eigenvalue weighted by atomic mass is 10.0. The fraction of sp³-hybridized carbons (Fsp3) is 0.538. The molecule has 0 bridgehead atoms. The van der Waals surface area contributed by atoms with Gasteiger partial charge in [0.15, 0.2) is 0 Å². The van der Waals surface area contributed by atoms with E-state index in [9.17, 15) is 4.39 Å². The van der Waals surface area contributed by atoms with Crippen LogP contribution in [0.15, 0.2) is 18.2 Å². The highest BCUT2D eigenvalue weighted by atomic mass is 35.5. The lowest BCUT2D eigenvalue weighted by Crippen LogP contribution is -2.28. The summed E-state index contributed by atoms with van der Waals surface area (Å²) in [5.41, 5.74) is 1.10. The smallest absolute Gasteiger partial charge is 0.141 e. The highest BCUT2D eigenvalue weighted by Gasteiger charge is 2.24. The molecule has 1 fully saturated rings. The van der Waals surface area contributed by atoms with Gasteiger partial charge in [0, 0.05) is 6.04 Å². The average Bonchev–Trinajstić information content (AvgIpc) is 3.06. The molecule has 0 heterocycles. The van der Waals surface area contributed by atoms with Crippen molar-refractivity contribution >= 4 is 11.6 Å². The summed E-state index contributed by atoms with van der Waals surface area (Å²) in [7, 11) is 1.98. The number of nitrogens with one attached hydrogen (secondary N) is 1. The van der Waals surface area contributed by atoms with E-state index in [0.717, 1.165) is 17.9 Å². The van der Waals surface area contributed by atoms with Crippen molar-refractivity contribution in [3.8, 4) is 0 Å². The van der Waals surface area contributed by atoms with Gasteiger partial charge in [0.1, 0.15) is 5.82 Å². The maximum atomic E-state index is 13.0. The Balaban J connectivity index is 1.97. The summed E-state index contributed by atoms with van der Waals surface area (Å²) in [6.45, 7) is 0. The molecule has 0 radical (unpaired) electrons. The third-order valence-electron chi connectivity index (χ3n) is 3.19.